The van der Waals surface area contributed by atoms with Gasteiger partial charge in [0.15, 0.2) is 34.8 Å². The predicted octanol–water partition coefficient (Wildman–Crippen LogP) is 6.68. The summed E-state index contributed by atoms with van der Waals surface area (Å²) in [6.07, 6.45) is 1.28. The van der Waals surface area contributed by atoms with Crippen LogP contribution in [0.1, 0.15) is 18.1 Å². The first-order chi connectivity index (χ1) is 17.5. The van der Waals surface area contributed by atoms with E-state index < -0.39 is 46.5 Å². The highest BCUT2D eigenvalue weighted by Crippen LogP contribution is 2.39. The first kappa shape index (κ1) is 26.3. The number of rotatable bonds is 6. The van der Waals surface area contributed by atoms with Gasteiger partial charge in [-0.2, -0.15) is 10.1 Å². The molecule has 0 fully saturated rings. The van der Waals surface area contributed by atoms with Crippen molar-refractivity contribution in [1.29, 1.82) is 0 Å². The van der Waals surface area contributed by atoms with Gasteiger partial charge < -0.3 is 9.47 Å². The highest BCUT2D eigenvalue weighted by atomic mass is 79.9. The molecule has 0 aromatic heterocycles. The van der Waals surface area contributed by atoms with Crippen LogP contribution in [0.2, 0.25) is 0 Å². The number of ether oxygens (including phenoxy) is 2. The van der Waals surface area contributed by atoms with Gasteiger partial charge >= 0.3 is 0 Å². The summed E-state index contributed by atoms with van der Waals surface area (Å²) in [5.41, 5.74) is -0.862. The molecule has 1 heterocycles. The van der Waals surface area contributed by atoms with Gasteiger partial charge in [-0.25, -0.2) is 26.3 Å². The van der Waals surface area contributed by atoms with Crippen molar-refractivity contribution in [1.82, 2.24) is 0 Å². The van der Waals surface area contributed by atoms with Crippen molar-refractivity contribution >= 4 is 39.3 Å². The average molecular weight is 585 g/mol. The Hall–Kier alpha value is -3.80. The molecular formula is C25H15BrF6N2O3. The van der Waals surface area contributed by atoms with Gasteiger partial charge in [0.05, 0.1) is 18.4 Å². The van der Waals surface area contributed by atoms with Crippen LogP contribution in [-0.4, -0.2) is 18.7 Å². The molecule has 5 nitrogen and oxygen atoms in total. The minimum Gasteiger partial charge on any atom is -0.493 e. The van der Waals surface area contributed by atoms with Crippen molar-refractivity contribution in [2.24, 2.45) is 5.10 Å². The van der Waals surface area contributed by atoms with Gasteiger partial charge in [-0.3, -0.25) is 4.79 Å². The lowest BCUT2D eigenvalue weighted by molar-refractivity contribution is -0.114. The number of carbonyl (C=O) groups excluding carboxylic acids is 1. The molecule has 1 aliphatic heterocycles. The Morgan fingerprint density at radius 3 is 2.14 bits per heavy atom. The smallest absolute Gasteiger partial charge is 0.280 e. The van der Waals surface area contributed by atoms with Gasteiger partial charge in [-0.1, -0.05) is 28.1 Å². The number of methoxy groups -OCH3 is 1. The predicted molar refractivity (Wildman–Crippen MR) is 126 cm³/mol. The molecule has 0 saturated heterocycles. The fraction of sp³-hybridized carbons (Fsp3) is 0.120. The number of hydrogen-bond donors (Lipinski definition) is 0. The molecule has 3 aromatic rings. The van der Waals surface area contributed by atoms with Crippen LogP contribution >= 0.6 is 15.9 Å². The second-order valence-electron chi connectivity index (χ2n) is 7.72. The Kier molecular flexibility index (Phi) is 7.30. The SMILES string of the molecule is COc1cc(Br)cc(/C=C2\C(=O)N(c3c(F)c(F)c(F)c(F)c3F)N=C2C)c1OCc1ccc(F)cc1. The Balaban J connectivity index is 1.75. The molecule has 0 spiro atoms. The monoisotopic (exact) mass is 584 g/mol. The largest absolute Gasteiger partial charge is 0.493 e. The first-order valence-electron chi connectivity index (χ1n) is 10.4. The normalized spacial score (nSPS) is 14.4. The van der Waals surface area contributed by atoms with Crippen LogP contribution in [0.25, 0.3) is 6.08 Å². The number of hydrogen-bond acceptors (Lipinski definition) is 4. The van der Waals surface area contributed by atoms with Crippen LogP contribution in [0, 0.1) is 34.9 Å². The highest BCUT2D eigenvalue weighted by molar-refractivity contribution is 9.10. The third-order valence-corrected chi connectivity index (χ3v) is 5.78. The first-order valence-corrected chi connectivity index (χ1v) is 11.2. The molecule has 0 saturated carbocycles. The van der Waals surface area contributed by atoms with Crippen molar-refractivity contribution in [3.8, 4) is 11.5 Å². The fourth-order valence-corrected chi connectivity index (χ4v) is 3.96. The summed E-state index contributed by atoms with van der Waals surface area (Å²) >= 11 is 3.31. The Labute approximate surface area is 214 Å². The summed E-state index contributed by atoms with van der Waals surface area (Å²) < 4.78 is 94.6. The third-order valence-electron chi connectivity index (χ3n) is 5.33. The fourth-order valence-electron chi connectivity index (χ4n) is 3.51. The zero-order chi connectivity index (χ0) is 27.0. The van der Waals surface area contributed by atoms with Crippen LogP contribution in [0.5, 0.6) is 11.5 Å². The minimum atomic E-state index is -2.36. The Morgan fingerprint density at radius 2 is 1.54 bits per heavy atom. The highest BCUT2D eigenvalue weighted by Gasteiger charge is 2.37. The van der Waals surface area contributed by atoms with Crippen molar-refractivity contribution < 1.29 is 40.6 Å². The van der Waals surface area contributed by atoms with E-state index in [2.05, 4.69) is 21.0 Å². The number of benzene rings is 3. The molecule has 0 radical (unpaired) electrons. The number of hydrazone groups is 1. The van der Waals surface area contributed by atoms with E-state index in [1.807, 2.05) is 0 Å². The molecule has 0 N–H and O–H groups in total. The van der Waals surface area contributed by atoms with E-state index in [9.17, 15) is 31.1 Å². The maximum atomic E-state index is 14.3. The number of carbonyl (C=O) groups is 1. The number of anilines is 1. The molecule has 0 aliphatic carbocycles. The molecule has 192 valence electrons. The van der Waals surface area contributed by atoms with Gasteiger partial charge in [0, 0.05) is 10.0 Å². The molecule has 4 rings (SSSR count). The number of halogens is 7. The number of nitrogens with zero attached hydrogens (tertiary/aromatic N) is 2. The van der Waals surface area contributed by atoms with Gasteiger partial charge in [0.1, 0.15) is 18.1 Å². The Bertz CT molecular complexity index is 1450. The maximum Gasteiger partial charge on any atom is 0.280 e. The molecule has 1 amide bonds. The van der Waals surface area contributed by atoms with Gasteiger partial charge in [-0.05, 0) is 42.8 Å². The molecule has 37 heavy (non-hydrogen) atoms. The quantitative estimate of drug-likeness (QED) is 0.141. The zero-order valence-corrected chi connectivity index (χ0v) is 20.6. The maximum absolute atomic E-state index is 14.3. The van der Waals surface area contributed by atoms with E-state index in [0.717, 1.165) is 0 Å². The zero-order valence-electron chi connectivity index (χ0n) is 19.0. The van der Waals surface area contributed by atoms with Gasteiger partial charge in [0.2, 0.25) is 5.82 Å². The second-order valence-corrected chi connectivity index (χ2v) is 8.64. The lowest BCUT2D eigenvalue weighted by Crippen LogP contribution is -2.25. The van der Waals surface area contributed by atoms with Crippen LogP contribution in [0.3, 0.4) is 0 Å². The summed E-state index contributed by atoms with van der Waals surface area (Å²) in [5.74, 6) is -12.3. The van der Waals surface area contributed by atoms with E-state index in [-0.39, 0.29) is 40.0 Å². The van der Waals surface area contributed by atoms with E-state index in [4.69, 9.17) is 9.47 Å². The van der Waals surface area contributed by atoms with Crippen LogP contribution in [-0.2, 0) is 11.4 Å². The molecule has 0 atom stereocenters. The molecule has 0 unspecified atom stereocenters. The summed E-state index contributed by atoms with van der Waals surface area (Å²) in [7, 11) is 1.38. The molecule has 0 bridgehead atoms. The van der Waals surface area contributed by atoms with Gasteiger partial charge in [0.25, 0.3) is 5.91 Å². The van der Waals surface area contributed by atoms with E-state index in [0.29, 0.717) is 10.0 Å². The van der Waals surface area contributed by atoms with Crippen molar-refractivity contribution in [2.75, 3.05) is 12.1 Å². The lowest BCUT2D eigenvalue weighted by atomic mass is 10.1. The lowest BCUT2D eigenvalue weighted by Gasteiger charge is -2.16. The molecule has 1 aliphatic rings. The molecular weight excluding hydrogens is 570 g/mol. The van der Waals surface area contributed by atoms with E-state index >= 15 is 0 Å². The Morgan fingerprint density at radius 1 is 0.946 bits per heavy atom. The van der Waals surface area contributed by atoms with E-state index in [1.165, 1.54) is 44.4 Å². The van der Waals surface area contributed by atoms with Crippen molar-refractivity contribution in [3.63, 3.8) is 0 Å². The number of amides is 1. The van der Waals surface area contributed by atoms with E-state index in [1.54, 1.807) is 12.1 Å². The van der Waals surface area contributed by atoms with Gasteiger partial charge in [-0.15, -0.1) is 0 Å². The van der Waals surface area contributed by atoms with Crippen LogP contribution in [0.15, 0.2) is 51.5 Å². The van der Waals surface area contributed by atoms with Crippen LogP contribution < -0.4 is 14.5 Å². The molecule has 12 heteroatoms. The van der Waals surface area contributed by atoms with Crippen molar-refractivity contribution in [3.05, 3.63) is 92.5 Å². The summed E-state index contributed by atoms with van der Waals surface area (Å²) in [5, 5.41) is 3.84. The summed E-state index contributed by atoms with van der Waals surface area (Å²) in [6, 6.07) is 8.67. The third kappa shape index (κ3) is 4.93. The summed E-state index contributed by atoms with van der Waals surface area (Å²) in [4.78, 5) is 13.0. The standard InChI is InChI=1S/C25H15BrF6N2O3/c1-11-16(25(35)34(33-11)23-21(31)19(29)18(28)20(30)22(23)32)8-13-7-14(26)9-17(36-2)24(13)37-10-12-3-5-15(27)6-4-12/h3-9H,10H2,1-2H3/b16-8-. The minimum absolute atomic E-state index is 0.00779. The second kappa shape index (κ2) is 10.3. The van der Waals surface area contributed by atoms with Crippen LogP contribution in [0.4, 0.5) is 32.0 Å². The summed E-state index contributed by atoms with van der Waals surface area (Å²) in [6.45, 7) is 1.32. The molecule has 3 aromatic carbocycles. The average Bonchev–Trinajstić information content (AvgIpc) is 3.14. The van der Waals surface area contributed by atoms with Crippen molar-refractivity contribution in [2.45, 2.75) is 13.5 Å². The topological polar surface area (TPSA) is 51.1 Å².